The predicted molar refractivity (Wildman–Crippen MR) is 68.5 cm³/mol. The number of aromatic nitrogens is 4. The third-order valence-electron chi connectivity index (χ3n) is 2.77. The Hall–Kier alpha value is -2.76. The van der Waals surface area contributed by atoms with Crippen molar-refractivity contribution < 1.29 is 9.53 Å². The third kappa shape index (κ3) is 2.03. The van der Waals surface area contributed by atoms with Gasteiger partial charge in [-0.1, -0.05) is 0 Å². The van der Waals surface area contributed by atoms with E-state index in [0.29, 0.717) is 17.0 Å². The Labute approximate surface area is 108 Å². The Morgan fingerprint density at radius 3 is 2.89 bits per heavy atom. The van der Waals surface area contributed by atoms with Crippen LogP contribution < -0.4 is 0 Å². The highest BCUT2D eigenvalue weighted by atomic mass is 16.5. The van der Waals surface area contributed by atoms with Crippen molar-refractivity contribution in [1.82, 2.24) is 20.2 Å². The van der Waals surface area contributed by atoms with Gasteiger partial charge in [0.2, 0.25) is 0 Å². The van der Waals surface area contributed by atoms with Crippen molar-refractivity contribution in [2.45, 2.75) is 0 Å². The normalized spacial score (nSPS) is 10.6. The lowest BCUT2D eigenvalue weighted by Crippen LogP contribution is -2.02. The summed E-state index contributed by atoms with van der Waals surface area (Å²) >= 11 is 0. The predicted octanol–water partition coefficient (Wildman–Crippen LogP) is 1.81. The summed E-state index contributed by atoms with van der Waals surface area (Å²) in [7, 11) is 1.34. The van der Waals surface area contributed by atoms with Crippen LogP contribution in [0.1, 0.15) is 10.4 Å². The summed E-state index contributed by atoms with van der Waals surface area (Å²) in [5.74, 6) is -0.397. The summed E-state index contributed by atoms with van der Waals surface area (Å²) in [5, 5.41) is 7.73. The topological polar surface area (TPSA) is 80.8 Å². The number of nitrogens with one attached hydrogen (secondary N) is 1. The lowest BCUT2D eigenvalue weighted by atomic mass is 10.1. The van der Waals surface area contributed by atoms with E-state index in [9.17, 15) is 4.79 Å². The zero-order valence-corrected chi connectivity index (χ0v) is 10.1. The molecule has 0 aliphatic heterocycles. The molecule has 0 atom stereocenters. The number of methoxy groups -OCH3 is 1. The Balaban J connectivity index is 2.07. The smallest absolute Gasteiger partial charge is 0.337 e. The lowest BCUT2D eigenvalue weighted by Gasteiger charge is -2.02. The number of carbonyl (C=O) groups is 1. The van der Waals surface area contributed by atoms with E-state index in [-0.39, 0.29) is 0 Å². The summed E-state index contributed by atoms with van der Waals surface area (Å²) in [6.45, 7) is 0. The number of fused-ring (bicyclic) bond motifs is 1. The highest BCUT2D eigenvalue weighted by Gasteiger charge is 2.09. The van der Waals surface area contributed by atoms with Crippen molar-refractivity contribution in [3.63, 3.8) is 0 Å². The number of hydrogen-bond donors (Lipinski definition) is 1. The molecule has 0 aliphatic rings. The molecule has 0 aliphatic carbocycles. The first-order valence-electron chi connectivity index (χ1n) is 5.62. The quantitative estimate of drug-likeness (QED) is 0.705. The van der Waals surface area contributed by atoms with Crippen LogP contribution in [0.5, 0.6) is 0 Å². The zero-order chi connectivity index (χ0) is 13.2. The van der Waals surface area contributed by atoms with Crippen LogP contribution in [0.4, 0.5) is 0 Å². The molecule has 19 heavy (non-hydrogen) atoms. The van der Waals surface area contributed by atoms with Gasteiger partial charge in [-0.2, -0.15) is 5.10 Å². The summed E-state index contributed by atoms with van der Waals surface area (Å²) in [5.41, 5.74) is 2.59. The minimum Gasteiger partial charge on any atom is -0.465 e. The maximum absolute atomic E-state index is 11.5. The molecule has 0 radical (unpaired) electrons. The fraction of sp³-hybridized carbons (Fsp3) is 0.0769. The van der Waals surface area contributed by atoms with Gasteiger partial charge in [0.15, 0.2) is 0 Å². The van der Waals surface area contributed by atoms with Gasteiger partial charge in [-0.05, 0) is 18.2 Å². The fourth-order valence-corrected chi connectivity index (χ4v) is 1.79. The van der Waals surface area contributed by atoms with Gasteiger partial charge in [0, 0.05) is 17.8 Å². The molecule has 3 heterocycles. The van der Waals surface area contributed by atoms with Crippen molar-refractivity contribution in [3.05, 3.63) is 42.4 Å². The minimum absolute atomic E-state index is 0.397. The standard InChI is InChI=1S/C13H10N4O2/c1-19-13(18)8-2-3-14-11(4-8)12-5-10-9(6-15-12)7-16-17-10/h2-7H,1H3,(H,16,17). The number of nitrogens with zero attached hydrogens (tertiary/aromatic N) is 3. The first-order chi connectivity index (χ1) is 9.28. The summed E-state index contributed by atoms with van der Waals surface area (Å²) in [6.07, 6.45) is 4.96. The van der Waals surface area contributed by atoms with E-state index in [2.05, 4.69) is 24.9 Å². The average molecular weight is 254 g/mol. The van der Waals surface area contributed by atoms with E-state index in [1.54, 1.807) is 30.7 Å². The van der Waals surface area contributed by atoms with Gasteiger partial charge in [-0.15, -0.1) is 0 Å². The largest absolute Gasteiger partial charge is 0.465 e. The lowest BCUT2D eigenvalue weighted by molar-refractivity contribution is 0.0600. The SMILES string of the molecule is COC(=O)c1ccnc(-c2cc3[nH]ncc3cn2)c1. The van der Waals surface area contributed by atoms with Gasteiger partial charge in [0.25, 0.3) is 0 Å². The number of carbonyl (C=O) groups excluding carboxylic acids is 1. The van der Waals surface area contributed by atoms with Crippen LogP contribution in [0.25, 0.3) is 22.3 Å². The maximum Gasteiger partial charge on any atom is 0.337 e. The second-order valence-corrected chi connectivity index (χ2v) is 3.95. The molecular weight excluding hydrogens is 244 g/mol. The van der Waals surface area contributed by atoms with Crippen LogP contribution >= 0.6 is 0 Å². The molecular formula is C13H10N4O2. The number of esters is 1. The molecule has 3 aromatic heterocycles. The van der Waals surface area contributed by atoms with Gasteiger partial charge in [0.05, 0.1) is 35.8 Å². The number of pyridine rings is 2. The summed E-state index contributed by atoms with van der Waals surface area (Å²) in [4.78, 5) is 20.0. The molecule has 3 rings (SSSR count). The molecule has 0 bridgehead atoms. The minimum atomic E-state index is -0.397. The molecule has 0 saturated heterocycles. The van der Waals surface area contributed by atoms with Gasteiger partial charge < -0.3 is 4.74 Å². The van der Waals surface area contributed by atoms with Crippen molar-refractivity contribution >= 4 is 16.9 Å². The monoisotopic (exact) mass is 254 g/mol. The molecule has 0 aromatic carbocycles. The highest BCUT2D eigenvalue weighted by molar-refractivity contribution is 5.90. The van der Waals surface area contributed by atoms with Gasteiger partial charge in [-0.3, -0.25) is 15.1 Å². The van der Waals surface area contributed by atoms with Crippen molar-refractivity contribution in [2.75, 3.05) is 7.11 Å². The molecule has 94 valence electrons. The molecule has 0 unspecified atom stereocenters. The molecule has 0 fully saturated rings. The van der Waals surface area contributed by atoms with E-state index < -0.39 is 5.97 Å². The van der Waals surface area contributed by atoms with E-state index in [1.165, 1.54) is 7.11 Å². The van der Waals surface area contributed by atoms with Gasteiger partial charge >= 0.3 is 5.97 Å². The van der Waals surface area contributed by atoms with E-state index in [4.69, 9.17) is 0 Å². The summed E-state index contributed by atoms with van der Waals surface area (Å²) < 4.78 is 4.68. The fourth-order valence-electron chi connectivity index (χ4n) is 1.79. The second kappa shape index (κ2) is 4.49. The van der Waals surface area contributed by atoms with Crippen LogP contribution in [-0.4, -0.2) is 33.2 Å². The van der Waals surface area contributed by atoms with Crippen LogP contribution in [-0.2, 0) is 4.74 Å². The second-order valence-electron chi connectivity index (χ2n) is 3.95. The van der Waals surface area contributed by atoms with Crippen LogP contribution in [0, 0.1) is 0 Å². The molecule has 1 N–H and O–H groups in total. The van der Waals surface area contributed by atoms with Crippen LogP contribution in [0.15, 0.2) is 36.8 Å². The van der Waals surface area contributed by atoms with E-state index in [1.807, 2.05) is 6.07 Å². The Bertz CT molecular complexity index is 751. The highest BCUT2D eigenvalue weighted by Crippen LogP contribution is 2.19. The average Bonchev–Trinajstić information content (AvgIpc) is 2.94. The van der Waals surface area contributed by atoms with E-state index in [0.717, 1.165) is 10.9 Å². The van der Waals surface area contributed by atoms with Crippen molar-refractivity contribution in [1.29, 1.82) is 0 Å². The number of hydrogen-bond acceptors (Lipinski definition) is 5. The molecule has 6 heteroatoms. The van der Waals surface area contributed by atoms with Crippen LogP contribution in [0.3, 0.4) is 0 Å². The molecule has 0 amide bonds. The Morgan fingerprint density at radius 2 is 2.05 bits per heavy atom. The first-order valence-corrected chi connectivity index (χ1v) is 5.62. The molecule has 6 nitrogen and oxygen atoms in total. The van der Waals surface area contributed by atoms with Gasteiger partial charge in [-0.25, -0.2) is 4.79 Å². The molecule has 0 saturated carbocycles. The Morgan fingerprint density at radius 1 is 1.21 bits per heavy atom. The van der Waals surface area contributed by atoms with Crippen LogP contribution in [0.2, 0.25) is 0 Å². The number of aromatic amines is 1. The molecule has 0 spiro atoms. The number of ether oxygens (including phenoxy) is 1. The van der Waals surface area contributed by atoms with Crippen molar-refractivity contribution in [2.24, 2.45) is 0 Å². The zero-order valence-electron chi connectivity index (χ0n) is 10.1. The van der Waals surface area contributed by atoms with Gasteiger partial charge in [0.1, 0.15) is 0 Å². The number of H-pyrrole nitrogens is 1. The molecule has 3 aromatic rings. The maximum atomic E-state index is 11.5. The first kappa shape index (κ1) is 11.3. The summed E-state index contributed by atoms with van der Waals surface area (Å²) in [6, 6.07) is 5.09. The third-order valence-corrected chi connectivity index (χ3v) is 2.77. The van der Waals surface area contributed by atoms with Crippen molar-refractivity contribution in [3.8, 4) is 11.4 Å². The van der Waals surface area contributed by atoms with E-state index >= 15 is 0 Å². The number of rotatable bonds is 2. The Kier molecular flexibility index (Phi) is 2.68.